The van der Waals surface area contributed by atoms with E-state index in [-0.39, 0.29) is 13.0 Å². The van der Waals surface area contributed by atoms with Crippen molar-refractivity contribution in [3.63, 3.8) is 0 Å². The molecule has 4 nitrogen and oxygen atoms in total. The summed E-state index contributed by atoms with van der Waals surface area (Å²) in [5.41, 5.74) is 0. The fourth-order valence-corrected chi connectivity index (χ4v) is 3.90. The predicted molar refractivity (Wildman–Crippen MR) is 51.3 cm³/mol. The van der Waals surface area contributed by atoms with Crippen LogP contribution in [0.5, 0.6) is 0 Å². The second kappa shape index (κ2) is 3.64. The minimum Gasteiger partial charge on any atom is -0.315 e. The third-order valence-electron chi connectivity index (χ3n) is 2.93. The summed E-state index contributed by atoms with van der Waals surface area (Å²) in [6.45, 7) is 0.330. The lowest BCUT2D eigenvalue weighted by Gasteiger charge is -2.20. The summed E-state index contributed by atoms with van der Waals surface area (Å²) in [7, 11) is -3.52. The van der Waals surface area contributed by atoms with Gasteiger partial charge in [0, 0.05) is 19.5 Å². The number of hydrogen-bond acceptors (Lipinski definition) is 3. The highest BCUT2D eigenvalue weighted by Gasteiger charge is 2.45. The quantitative estimate of drug-likeness (QED) is 0.740. The van der Waals surface area contributed by atoms with Crippen molar-refractivity contribution in [3.05, 3.63) is 0 Å². The lowest BCUT2D eigenvalue weighted by molar-refractivity contribution is 0.0183. The molecule has 0 aromatic heterocycles. The number of rotatable bonds is 2. The molecule has 0 amide bonds. The Bertz CT molecular complexity index is 339. The zero-order chi connectivity index (χ0) is 11.1. The average Bonchev–Trinajstić information content (AvgIpc) is 2.72. The van der Waals surface area contributed by atoms with Crippen molar-refractivity contribution < 1.29 is 17.2 Å². The molecule has 1 atom stereocenters. The molecule has 0 radical (unpaired) electrons. The summed E-state index contributed by atoms with van der Waals surface area (Å²) in [6, 6.07) is 0. The van der Waals surface area contributed by atoms with Gasteiger partial charge < -0.3 is 5.32 Å². The third kappa shape index (κ3) is 2.14. The van der Waals surface area contributed by atoms with Crippen molar-refractivity contribution in [2.75, 3.05) is 26.2 Å². The smallest absolute Gasteiger partial charge is 0.262 e. The van der Waals surface area contributed by atoms with Gasteiger partial charge in [0.15, 0.2) is 0 Å². The number of sulfonamides is 1. The van der Waals surface area contributed by atoms with Crippen LogP contribution < -0.4 is 5.32 Å². The van der Waals surface area contributed by atoms with Gasteiger partial charge in [-0.15, -0.1) is 0 Å². The van der Waals surface area contributed by atoms with Crippen molar-refractivity contribution in [1.29, 1.82) is 0 Å². The maximum absolute atomic E-state index is 12.9. The fraction of sp³-hybridized carbons (Fsp3) is 1.00. The second-order valence-electron chi connectivity index (χ2n) is 4.10. The fourth-order valence-electron chi connectivity index (χ4n) is 2.01. The molecule has 2 saturated heterocycles. The number of nitrogens with one attached hydrogen (secondary N) is 1. The van der Waals surface area contributed by atoms with Crippen LogP contribution in [-0.2, 0) is 10.0 Å². The zero-order valence-electron chi connectivity index (χ0n) is 8.25. The molecule has 2 aliphatic heterocycles. The summed E-state index contributed by atoms with van der Waals surface area (Å²) >= 11 is 0. The zero-order valence-corrected chi connectivity index (χ0v) is 9.06. The highest BCUT2D eigenvalue weighted by molar-refractivity contribution is 7.89. The molecule has 1 unspecified atom stereocenters. The van der Waals surface area contributed by atoms with Crippen LogP contribution >= 0.6 is 0 Å². The Morgan fingerprint density at radius 3 is 2.60 bits per heavy atom. The molecule has 7 heteroatoms. The van der Waals surface area contributed by atoms with Gasteiger partial charge in [-0.3, -0.25) is 0 Å². The SMILES string of the molecule is O=S(=O)(C1CCNC1)N1CCC(F)(F)C1. The van der Waals surface area contributed by atoms with Gasteiger partial charge in [-0.1, -0.05) is 0 Å². The molecule has 0 spiro atoms. The van der Waals surface area contributed by atoms with E-state index < -0.39 is 27.7 Å². The van der Waals surface area contributed by atoms with Crippen molar-refractivity contribution >= 4 is 10.0 Å². The van der Waals surface area contributed by atoms with Crippen LogP contribution in [0.15, 0.2) is 0 Å². The average molecular weight is 240 g/mol. The lowest BCUT2D eigenvalue weighted by Crippen LogP contribution is -2.39. The first-order valence-corrected chi connectivity index (χ1v) is 6.50. The summed E-state index contributed by atoms with van der Waals surface area (Å²) in [6.07, 6.45) is 0.163. The number of halogens is 2. The van der Waals surface area contributed by atoms with Crippen LogP contribution in [0.1, 0.15) is 12.8 Å². The summed E-state index contributed by atoms with van der Waals surface area (Å²) < 4.78 is 50.5. The van der Waals surface area contributed by atoms with Crippen molar-refractivity contribution in [2.45, 2.75) is 24.0 Å². The minimum atomic E-state index is -3.52. The highest BCUT2D eigenvalue weighted by Crippen LogP contribution is 2.30. The Morgan fingerprint density at radius 2 is 2.13 bits per heavy atom. The molecule has 0 aromatic rings. The molecule has 88 valence electrons. The van der Waals surface area contributed by atoms with Gasteiger partial charge in [-0.05, 0) is 13.0 Å². The third-order valence-corrected chi connectivity index (χ3v) is 5.21. The van der Waals surface area contributed by atoms with Gasteiger partial charge in [0.1, 0.15) is 0 Å². The molecular formula is C8H14F2N2O2S. The summed E-state index contributed by atoms with van der Waals surface area (Å²) in [5.74, 6) is -2.85. The maximum atomic E-state index is 12.9. The van der Waals surface area contributed by atoms with Gasteiger partial charge in [0.05, 0.1) is 11.8 Å². The number of hydrogen-bond donors (Lipinski definition) is 1. The Morgan fingerprint density at radius 1 is 1.40 bits per heavy atom. The van der Waals surface area contributed by atoms with E-state index in [1.165, 1.54) is 0 Å². The molecule has 15 heavy (non-hydrogen) atoms. The van der Waals surface area contributed by atoms with E-state index in [4.69, 9.17) is 0 Å². The second-order valence-corrected chi connectivity index (χ2v) is 6.31. The highest BCUT2D eigenvalue weighted by atomic mass is 32.2. The topological polar surface area (TPSA) is 49.4 Å². The Hall–Kier alpha value is -0.270. The monoisotopic (exact) mass is 240 g/mol. The van der Waals surface area contributed by atoms with Crippen molar-refractivity contribution in [2.24, 2.45) is 0 Å². The first-order chi connectivity index (χ1) is 6.92. The van der Waals surface area contributed by atoms with E-state index in [0.717, 1.165) is 4.31 Å². The largest absolute Gasteiger partial charge is 0.315 e. The first-order valence-electron chi connectivity index (χ1n) is 4.99. The van der Waals surface area contributed by atoms with Crippen LogP contribution in [0.4, 0.5) is 8.78 Å². The van der Waals surface area contributed by atoms with E-state index in [9.17, 15) is 17.2 Å². The number of nitrogens with zero attached hydrogens (tertiary/aromatic N) is 1. The normalized spacial score (nSPS) is 32.3. The van der Waals surface area contributed by atoms with Gasteiger partial charge in [-0.25, -0.2) is 17.2 Å². The molecule has 2 aliphatic rings. The summed E-state index contributed by atoms with van der Waals surface area (Å²) in [4.78, 5) is 0. The maximum Gasteiger partial charge on any atom is 0.262 e. The van der Waals surface area contributed by atoms with Gasteiger partial charge in [-0.2, -0.15) is 4.31 Å². The Kier molecular flexibility index (Phi) is 2.72. The first kappa shape index (κ1) is 11.2. The Labute approximate surface area is 87.7 Å². The number of alkyl halides is 2. The molecule has 1 N–H and O–H groups in total. The van der Waals surface area contributed by atoms with Crippen LogP contribution in [-0.4, -0.2) is 50.1 Å². The van der Waals surface area contributed by atoms with Crippen LogP contribution in [0.2, 0.25) is 0 Å². The molecule has 0 bridgehead atoms. The van der Waals surface area contributed by atoms with E-state index in [0.29, 0.717) is 19.5 Å². The van der Waals surface area contributed by atoms with Crippen LogP contribution in [0.3, 0.4) is 0 Å². The van der Waals surface area contributed by atoms with Gasteiger partial charge in [0.2, 0.25) is 10.0 Å². The lowest BCUT2D eigenvalue weighted by atomic mass is 10.3. The van der Waals surface area contributed by atoms with E-state index >= 15 is 0 Å². The van der Waals surface area contributed by atoms with Crippen molar-refractivity contribution in [1.82, 2.24) is 9.62 Å². The minimum absolute atomic E-state index is 0.0498. The van der Waals surface area contributed by atoms with Crippen LogP contribution in [0.25, 0.3) is 0 Å². The molecule has 2 heterocycles. The summed E-state index contributed by atoms with van der Waals surface area (Å²) in [5, 5.41) is 2.41. The molecule has 0 saturated carbocycles. The van der Waals surface area contributed by atoms with Crippen LogP contribution in [0, 0.1) is 0 Å². The van der Waals surface area contributed by atoms with Gasteiger partial charge >= 0.3 is 0 Å². The molecular weight excluding hydrogens is 226 g/mol. The molecule has 2 fully saturated rings. The molecule has 2 rings (SSSR count). The van der Waals surface area contributed by atoms with Crippen molar-refractivity contribution in [3.8, 4) is 0 Å². The molecule has 0 aliphatic carbocycles. The standard InChI is InChI=1S/C8H14F2N2O2S/c9-8(10)2-4-12(6-8)15(13,14)7-1-3-11-5-7/h7,11H,1-6H2. The van der Waals surface area contributed by atoms with E-state index in [2.05, 4.69) is 5.32 Å². The Balaban J connectivity index is 2.10. The van der Waals surface area contributed by atoms with Gasteiger partial charge in [0.25, 0.3) is 5.92 Å². The molecule has 0 aromatic carbocycles. The predicted octanol–water partition coefficient (Wildman–Crippen LogP) is 0.0191. The van der Waals surface area contributed by atoms with E-state index in [1.807, 2.05) is 0 Å². The van der Waals surface area contributed by atoms with E-state index in [1.54, 1.807) is 0 Å².